The lowest BCUT2D eigenvalue weighted by Gasteiger charge is -2.30. The second kappa shape index (κ2) is 4.46. The molecular formula is C12H16ClN3O2. The first-order chi connectivity index (χ1) is 8.66. The molecular weight excluding hydrogens is 254 g/mol. The number of nitrogens with zero attached hydrogens (tertiary/aromatic N) is 3. The van der Waals surface area contributed by atoms with Crippen LogP contribution in [-0.4, -0.2) is 40.3 Å². The van der Waals surface area contributed by atoms with E-state index in [1.54, 1.807) is 4.68 Å². The number of carbonyl (C=O) groups excluding carboxylic acids is 1. The minimum Gasteiger partial charge on any atom is -0.475 e. The number of carbonyl (C=O) groups is 1. The molecule has 98 valence electrons. The SMILES string of the molecule is CC1CCCN(C(=O)c2nn3c(c2Cl)OCC3)C1. The first-order valence-electron chi connectivity index (χ1n) is 6.35. The molecule has 1 fully saturated rings. The molecule has 5 nitrogen and oxygen atoms in total. The molecule has 6 heteroatoms. The molecule has 3 heterocycles. The highest BCUT2D eigenvalue weighted by atomic mass is 35.5. The summed E-state index contributed by atoms with van der Waals surface area (Å²) < 4.78 is 7.04. The molecule has 1 saturated heterocycles. The van der Waals surface area contributed by atoms with Gasteiger partial charge in [0, 0.05) is 13.1 Å². The average molecular weight is 270 g/mol. The Morgan fingerprint density at radius 1 is 1.50 bits per heavy atom. The monoisotopic (exact) mass is 269 g/mol. The highest BCUT2D eigenvalue weighted by Crippen LogP contribution is 2.32. The quantitative estimate of drug-likeness (QED) is 0.781. The zero-order chi connectivity index (χ0) is 12.7. The van der Waals surface area contributed by atoms with Crippen LogP contribution in [0.3, 0.4) is 0 Å². The van der Waals surface area contributed by atoms with E-state index >= 15 is 0 Å². The van der Waals surface area contributed by atoms with Gasteiger partial charge in [-0.1, -0.05) is 18.5 Å². The zero-order valence-electron chi connectivity index (χ0n) is 10.4. The lowest BCUT2D eigenvalue weighted by atomic mass is 10.00. The van der Waals surface area contributed by atoms with Gasteiger partial charge in [0.25, 0.3) is 5.91 Å². The molecule has 0 aromatic carbocycles. The van der Waals surface area contributed by atoms with E-state index in [1.807, 2.05) is 4.90 Å². The first-order valence-corrected chi connectivity index (χ1v) is 6.73. The summed E-state index contributed by atoms with van der Waals surface area (Å²) >= 11 is 6.16. The molecule has 3 rings (SSSR count). The summed E-state index contributed by atoms with van der Waals surface area (Å²) in [5.74, 6) is 1.01. The fourth-order valence-electron chi connectivity index (χ4n) is 2.60. The van der Waals surface area contributed by atoms with Crippen molar-refractivity contribution in [3.63, 3.8) is 0 Å². The Morgan fingerprint density at radius 3 is 3.06 bits per heavy atom. The molecule has 1 atom stereocenters. The molecule has 1 unspecified atom stereocenters. The van der Waals surface area contributed by atoms with E-state index < -0.39 is 0 Å². The maximum absolute atomic E-state index is 12.4. The van der Waals surface area contributed by atoms with Gasteiger partial charge in [0.1, 0.15) is 11.6 Å². The Hall–Kier alpha value is -1.23. The smallest absolute Gasteiger partial charge is 0.276 e. The first kappa shape index (κ1) is 11.8. The number of halogens is 1. The van der Waals surface area contributed by atoms with E-state index in [4.69, 9.17) is 16.3 Å². The molecule has 2 aliphatic rings. The summed E-state index contributed by atoms with van der Waals surface area (Å²) in [6.07, 6.45) is 2.23. The summed E-state index contributed by atoms with van der Waals surface area (Å²) in [6, 6.07) is 0. The number of fused-ring (bicyclic) bond motifs is 1. The number of hydrogen-bond donors (Lipinski definition) is 0. The van der Waals surface area contributed by atoms with Crippen LogP contribution in [0.5, 0.6) is 5.88 Å². The van der Waals surface area contributed by atoms with Gasteiger partial charge < -0.3 is 9.64 Å². The Bertz CT molecular complexity index is 486. The van der Waals surface area contributed by atoms with Crippen molar-refractivity contribution >= 4 is 17.5 Å². The number of rotatable bonds is 1. The van der Waals surface area contributed by atoms with Crippen LogP contribution in [0.25, 0.3) is 0 Å². The second-order valence-electron chi connectivity index (χ2n) is 5.04. The lowest BCUT2D eigenvalue weighted by Crippen LogP contribution is -2.39. The minimum atomic E-state index is -0.0722. The number of ether oxygens (including phenoxy) is 1. The van der Waals surface area contributed by atoms with Crippen LogP contribution in [0.4, 0.5) is 0 Å². The van der Waals surface area contributed by atoms with Gasteiger partial charge in [-0.2, -0.15) is 5.10 Å². The normalized spacial score (nSPS) is 22.8. The topological polar surface area (TPSA) is 47.4 Å². The molecule has 18 heavy (non-hydrogen) atoms. The van der Waals surface area contributed by atoms with Gasteiger partial charge in [-0.15, -0.1) is 0 Å². The minimum absolute atomic E-state index is 0.0722. The second-order valence-corrected chi connectivity index (χ2v) is 5.42. The van der Waals surface area contributed by atoms with Gasteiger partial charge in [0.05, 0.1) is 6.54 Å². The van der Waals surface area contributed by atoms with Crippen LogP contribution < -0.4 is 4.74 Å². The Labute approximate surface area is 111 Å². The van der Waals surface area contributed by atoms with E-state index in [0.717, 1.165) is 19.5 Å². The molecule has 0 radical (unpaired) electrons. The fraction of sp³-hybridized carbons (Fsp3) is 0.667. The summed E-state index contributed by atoms with van der Waals surface area (Å²) in [5.41, 5.74) is 0.334. The molecule has 0 bridgehead atoms. The number of hydrogen-bond acceptors (Lipinski definition) is 3. The van der Waals surface area contributed by atoms with Gasteiger partial charge in [-0.25, -0.2) is 4.68 Å². The van der Waals surface area contributed by atoms with Crippen molar-refractivity contribution in [1.82, 2.24) is 14.7 Å². The predicted octanol–water partition coefficient (Wildman–Crippen LogP) is 1.80. The van der Waals surface area contributed by atoms with Crippen LogP contribution in [0.1, 0.15) is 30.3 Å². The fourth-order valence-corrected chi connectivity index (χ4v) is 2.87. The number of piperidine rings is 1. The lowest BCUT2D eigenvalue weighted by molar-refractivity contribution is 0.0676. The van der Waals surface area contributed by atoms with Crippen molar-refractivity contribution in [2.24, 2.45) is 5.92 Å². The van der Waals surface area contributed by atoms with Crippen LogP contribution >= 0.6 is 11.6 Å². The van der Waals surface area contributed by atoms with Crippen molar-refractivity contribution in [3.8, 4) is 5.88 Å². The molecule has 1 aromatic rings. The number of likely N-dealkylation sites (tertiary alicyclic amines) is 1. The molecule has 2 aliphatic heterocycles. The van der Waals surface area contributed by atoms with Crippen molar-refractivity contribution in [2.45, 2.75) is 26.3 Å². The Kier molecular flexibility index (Phi) is 2.93. The predicted molar refractivity (Wildman–Crippen MR) is 67.0 cm³/mol. The largest absolute Gasteiger partial charge is 0.475 e. The van der Waals surface area contributed by atoms with Crippen molar-refractivity contribution in [1.29, 1.82) is 0 Å². The third-order valence-electron chi connectivity index (χ3n) is 3.54. The maximum Gasteiger partial charge on any atom is 0.276 e. The molecule has 0 saturated carbocycles. The van der Waals surface area contributed by atoms with Crippen molar-refractivity contribution < 1.29 is 9.53 Å². The highest BCUT2D eigenvalue weighted by molar-refractivity contribution is 6.34. The van der Waals surface area contributed by atoms with Crippen LogP contribution in [-0.2, 0) is 6.54 Å². The molecule has 0 N–H and O–H groups in total. The van der Waals surface area contributed by atoms with E-state index in [-0.39, 0.29) is 5.91 Å². The Balaban J connectivity index is 1.84. The van der Waals surface area contributed by atoms with E-state index in [9.17, 15) is 4.79 Å². The summed E-state index contributed by atoms with van der Waals surface area (Å²) in [7, 11) is 0. The van der Waals surface area contributed by atoms with E-state index in [0.29, 0.717) is 35.7 Å². The number of amides is 1. The van der Waals surface area contributed by atoms with Gasteiger partial charge in [-0.05, 0) is 18.8 Å². The summed E-state index contributed by atoms with van der Waals surface area (Å²) in [6.45, 7) is 4.99. The van der Waals surface area contributed by atoms with Crippen LogP contribution in [0, 0.1) is 5.92 Å². The standard InChI is InChI=1S/C12H16ClN3O2/c1-8-3-2-4-15(7-8)11(17)10-9(13)12-16(14-10)5-6-18-12/h8H,2-7H2,1H3. The molecule has 1 amide bonds. The Morgan fingerprint density at radius 2 is 2.33 bits per heavy atom. The average Bonchev–Trinajstić information content (AvgIpc) is 2.92. The maximum atomic E-state index is 12.4. The number of aromatic nitrogens is 2. The molecule has 1 aromatic heterocycles. The van der Waals surface area contributed by atoms with Crippen molar-refractivity contribution in [3.05, 3.63) is 10.7 Å². The third kappa shape index (κ3) is 1.86. The summed E-state index contributed by atoms with van der Waals surface area (Å²) in [4.78, 5) is 14.2. The van der Waals surface area contributed by atoms with Gasteiger partial charge in [0.15, 0.2) is 5.69 Å². The van der Waals surface area contributed by atoms with Crippen molar-refractivity contribution in [2.75, 3.05) is 19.7 Å². The molecule has 0 aliphatic carbocycles. The van der Waals surface area contributed by atoms with Crippen LogP contribution in [0.15, 0.2) is 0 Å². The van der Waals surface area contributed by atoms with Gasteiger partial charge in [-0.3, -0.25) is 4.79 Å². The molecule has 0 spiro atoms. The van der Waals surface area contributed by atoms with Crippen LogP contribution in [0.2, 0.25) is 5.02 Å². The van der Waals surface area contributed by atoms with E-state index in [2.05, 4.69) is 12.0 Å². The van der Waals surface area contributed by atoms with E-state index in [1.165, 1.54) is 6.42 Å². The third-order valence-corrected chi connectivity index (χ3v) is 3.88. The van der Waals surface area contributed by atoms with Gasteiger partial charge in [0.2, 0.25) is 5.88 Å². The summed E-state index contributed by atoms with van der Waals surface area (Å²) in [5, 5.41) is 4.62. The highest BCUT2D eigenvalue weighted by Gasteiger charge is 2.30. The zero-order valence-corrected chi connectivity index (χ0v) is 11.1. The van der Waals surface area contributed by atoms with Gasteiger partial charge >= 0.3 is 0 Å².